The van der Waals surface area contributed by atoms with Crippen LogP contribution in [0.15, 0.2) is 0 Å². The molecule has 5 heteroatoms. The second kappa shape index (κ2) is 5.15. The van der Waals surface area contributed by atoms with E-state index in [2.05, 4.69) is 16.5 Å². The molecule has 1 unspecified atom stereocenters. The molecule has 82 valence electrons. The van der Waals surface area contributed by atoms with Crippen LogP contribution in [-0.4, -0.2) is 22.9 Å². The third kappa shape index (κ3) is 2.71. The molecular weight excluding hydrogens is 212 g/mol. The minimum Gasteiger partial charge on any atom is -0.305 e. The molecular formula is C10H15ClN4. The Labute approximate surface area is 94.8 Å². The van der Waals surface area contributed by atoms with Gasteiger partial charge in [-0.3, -0.25) is 4.68 Å². The van der Waals surface area contributed by atoms with Crippen LogP contribution in [0.3, 0.4) is 0 Å². The third-order valence-corrected chi connectivity index (χ3v) is 2.97. The van der Waals surface area contributed by atoms with Crippen molar-refractivity contribution in [3.63, 3.8) is 0 Å². The van der Waals surface area contributed by atoms with Gasteiger partial charge in [0.25, 0.3) is 0 Å². The highest BCUT2D eigenvalue weighted by atomic mass is 35.5. The van der Waals surface area contributed by atoms with Crippen LogP contribution in [0.2, 0.25) is 5.02 Å². The Morgan fingerprint density at radius 1 is 1.60 bits per heavy atom. The van der Waals surface area contributed by atoms with Crippen LogP contribution in [0.5, 0.6) is 0 Å². The van der Waals surface area contributed by atoms with Crippen molar-refractivity contribution in [1.29, 1.82) is 5.26 Å². The van der Waals surface area contributed by atoms with Crippen LogP contribution in [0.4, 0.5) is 0 Å². The summed E-state index contributed by atoms with van der Waals surface area (Å²) in [4.78, 5) is 0. The summed E-state index contributed by atoms with van der Waals surface area (Å²) in [6, 6.07) is 2.05. The lowest BCUT2D eigenvalue weighted by atomic mass is 10.2. The van der Waals surface area contributed by atoms with Crippen molar-refractivity contribution in [1.82, 2.24) is 15.1 Å². The molecule has 0 aliphatic carbocycles. The van der Waals surface area contributed by atoms with Gasteiger partial charge in [-0.25, -0.2) is 0 Å². The smallest absolute Gasteiger partial charge is 0.0968 e. The summed E-state index contributed by atoms with van der Waals surface area (Å²) in [5.41, 5.74) is 1.80. The average molecular weight is 227 g/mol. The SMILES string of the molecule is CNC(C#N)CCn1nc(C)c(Cl)c1C. The minimum absolute atomic E-state index is 0.132. The summed E-state index contributed by atoms with van der Waals surface area (Å²) in [6.07, 6.45) is 0.727. The van der Waals surface area contributed by atoms with Crippen LogP contribution in [0, 0.1) is 25.2 Å². The van der Waals surface area contributed by atoms with Gasteiger partial charge in [0.2, 0.25) is 0 Å². The van der Waals surface area contributed by atoms with Gasteiger partial charge in [-0.2, -0.15) is 10.4 Å². The Hall–Kier alpha value is -1.05. The molecule has 0 aliphatic rings. The molecule has 0 aliphatic heterocycles. The normalized spacial score (nSPS) is 12.5. The van der Waals surface area contributed by atoms with Gasteiger partial charge in [-0.15, -0.1) is 0 Å². The van der Waals surface area contributed by atoms with Crippen LogP contribution < -0.4 is 5.32 Å². The summed E-state index contributed by atoms with van der Waals surface area (Å²) in [5.74, 6) is 0. The van der Waals surface area contributed by atoms with Crippen molar-refractivity contribution >= 4 is 11.6 Å². The lowest BCUT2D eigenvalue weighted by Crippen LogP contribution is -2.25. The first kappa shape index (κ1) is 12.0. The zero-order valence-corrected chi connectivity index (χ0v) is 9.97. The van der Waals surface area contributed by atoms with E-state index in [9.17, 15) is 0 Å². The van der Waals surface area contributed by atoms with Gasteiger partial charge in [0.1, 0.15) is 0 Å². The molecule has 1 aromatic rings. The monoisotopic (exact) mass is 226 g/mol. The van der Waals surface area contributed by atoms with Crippen molar-refractivity contribution in [2.45, 2.75) is 32.9 Å². The average Bonchev–Trinajstić information content (AvgIpc) is 2.48. The first-order valence-corrected chi connectivity index (χ1v) is 5.24. The number of hydrogen-bond acceptors (Lipinski definition) is 3. The van der Waals surface area contributed by atoms with Crippen LogP contribution in [0.25, 0.3) is 0 Å². The maximum Gasteiger partial charge on any atom is 0.0968 e. The molecule has 0 aromatic carbocycles. The quantitative estimate of drug-likeness (QED) is 0.850. The zero-order chi connectivity index (χ0) is 11.4. The second-order valence-corrected chi connectivity index (χ2v) is 3.84. The van der Waals surface area contributed by atoms with Crippen molar-refractivity contribution in [2.75, 3.05) is 7.05 Å². The molecule has 1 rings (SSSR count). The zero-order valence-electron chi connectivity index (χ0n) is 9.21. The summed E-state index contributed by atoms with van der Waals surface area (Å²) in [7, 11) is 1.78. The molecule has 0 saturated carbocycles. The van der Waals surface area contributed by atoms with Crippen molar-refractivity contribution in [3.8, 4) is 6.07 Å². The van der Waals surface area contributed by atoms with Crippen molar-refractivity contribution in [2.24, 2.45) is 0 Å². The summed E-state index contributed by atoms with van der Waals surface area (Å²) >= 11 is 6.02. The summed E-state index contributed by atoms with van der Waals surface area (Å²) in [5, 5.41) is 16.7. The first-order chi connectivity index (χ1) is 7.10. The molecule has 1 heterocycles. The van der Waals surface area contributed by atoms with E-state index in [4.69, 9.17) is 16.9 Å². The number of aryl methyl sites for hydroxylation is 2. The molecule has 0 spiro atoms. The highest BCUT2D eigenvalue weighted by molar-refractivity contribution is 6.31. The van der Waals surface area contributed by atoms with Crippen LogP contribution in [0.1, 0.15) is 17.8 Å². The fourth-order valence-corrected chi connectivity index (χ4v) is 1.55. The fourth-order valence-electron chi connectivity index (χ4n) is 1.42. The molecule has 1 atom stereocenters. The maximum atomic E-state index is 8.76. The van der Waals surface area contributed by atoms with E-state index in [1.165, 1.54) is 0 Å². The Balaban J connectivity index is 2.66. The van der Waals surface area contributed by atoms with Gasteiger partial charge in [-0.05, 0) is 27.3 Å². The van der Waals surface area contributed by atoms with E-state index in [0.29, 0.717) is 11.6 Å². The predicted molar refractivity (Wildman–Crippen MR) is 59.8 cm³/mol. The molecule has 15 heavy (non-hydrogen) atoms. The second-order valence-electron chi connectivity index (χ2n) is 3.47. The Bertz CT molecular complexity index is 378. The van der Waals surface area contributed by atoms with Crippen molar-refractivity contribution in [3.05, 3.63) is 16.4 Å². The van der Waals surface area contributed by atoms with Gasteiger partial charge < -0.3 is 5.32 Å². The first-order valence-electron chi connectivity index (χ1n) is 4.86. The van der Waals surface area contributed by atoms with Gasteiger partial charge in [-0.1, -0.05) is 11.6 Å². The maximum absolute atomic E-state index is 8.76. The van der Waals surface area contributed by atoms with Crippen LogP contribution in [-0.2, 0) is 6.54 Å². The molecule has 0 amide bonds. The summed E-state index contributed by atoms with van der Waals surface area (Å²) in [6.45, 7) is 4.52. The van der Waals surface area contributed by atoms with E-state index < -0.39 is 0 Å². The fraction of sp³-hybridized carbons (Fsp3) is 0.600. The molecule has 0 bridgehead atoms. The highest BCUT2D eigenvalue weighted by Crippen LogP contribution is 2.19. The van der Waals surface area contributed by atoms with E-state index in [1.807, 2.05) is 18.5 Å². The number of nitrogens with one attached hydrogen (secondary N) is 1. The lowest BCUT2D eigenvalue weighted by molar-refractivity contribution is 0.508. The lowest BCUT2D eigenvalue weighted by Gasteiger charge is -2.08. The highest BCUT2D eigenvalue weighted by Gasteiger charge is 2.10. The van der Waals surface area contributed by atoms with E-state index in [1.54, 1.807) is 7.05 Å². The predicted octanol–water partition coefficient (Wildman–Crippen LogP) is 1.66. The van der Waals surface area contributed by atoms with E-state index in [0.717, 1.165) is 17.8 Å². The topological polar surface area (TPSA) is 53.6 Å². The van der Waals surface area contributed by atoms with E-state index in [-0.39, 0.29) is 6.04 Å². The number of nitriles is 1. The van der Waals surface area contributed by atoms with Crippen LogP contribution >= 0.6 is 11.6 Å². The van der Waals surface area contributed by atoms with Crippen molar-refractivity contribution < 1.29 is 0 Å². The number of rotatable bonds is 4. The Kier molecular flexibility index (Phi) is 4.13. The Morgan fingerprint density at radius 3 is 2.67 bits per heavy atom. The van der Waals surface area contributed by atoms with Gasteiger partial charge in [0, 0.05) is 6.54 Å². The minimum atomic E-state index is -0.132. The number of halogens is 1. The molecule has 1 N–H and O–H groups in total. The molecule has 1 aromatic heterocycles. The third-order valence-electron chi connectivity index (χ3n) is 2.43. The van der Waals surface area contributed by atoms with Gasteiger partial charge in [0.15, 0.2) is 0 Å². The van der Waals surface area contributed by atoms with E-state index >= 15 is 0 Å². The van der Waals surface area contributed by atoms with Gasteiger partial charge in [0.05, 0.1) is 28.5 Å². The number of hydrogen-bond donors (Lipinski definition) is 1. The molecule has 0 radical (unpaired) electrons. The Morgan fingerprint density at radius 2 is 2.27 bits per heavy atom. The number of aromatic nitrogens is 2. The summed E-state index contributed by atoms with van der Waals surface area (Å²) < 4.78 is 1.85. The molecule has 0 fully saturated rings. The number of nitrogens with zero attached hydrogens (tertiary/aromatic N) is 3. The van der Waals surface area contributed by atoms with Gasteiger partial charge >= 0.3 is 0 Å². The molecule has 4 nitrogen and oxygen atoms in total. The standard InChI is InChI=1S/C10H15ClN4/c1-7-10(11)8(2)15(14-7)5-4-9(6-12)13-3/h9,13H,4-5H2,1-3H3. The largest absolute Gasteiger partial charge is 0.305 e. The molecule has 0 saturated heterocycles.